The van der Waals surface area contributed by atoms with Gasteiger partial charge >= 0.3 is 12.1 Å². The van der Waals surface area contributed by atoms with E-state index in [1.807, 2.05) is 54.5 Å². The van der Waals surface area contributed by atoms with Gasteiger partial charge in [0.05, 0.1) is 18.6 Å². The van der Waals surface area contributed by atoms with Crippen molar-refractivity contribution in [2.24, 2.45) is 11.3 Å². The molecule has 2 heterocycles. The molecule has 1 aromatic rings. The van der Waals surface area contributed by atoms with Crippen LogP contribution < -0.4 is 16.0 Å². The molecular formula is C28H43N5O5. The summed E-state index contributed by atoms with van der Waals surface area (Å²) in [6, 6.07) is 7.04. The molecule has 10 heteroatoms. The van der Waals surface area contributed by atoms with Crippen LogP contribution in [0.4, 0.5) is 15.3 Å². The molecule has 210 valence electrons. The molecule has 0 spiro atoms. The largest absolute Gasteiger partial charge is 0.442 e. The number of para-hydroxylation sites is 1. The first-order valence-electron chi connectivity index (χ1n) is 13.5. The van der Waals surface area contributed by atoms with Crippen LogP contribution in [0.2, 0.25) is 0 Å². The fourth-order valence-corrected chi connectivity index (χ4v) is 5.04. The van der Waals surface area contributed by atoms with Gasteiger partial charge in [-0.3, -0.25) is 14.9 Å². The number of nitrogens with zero attached hydrogens (tertiary/aromatic N) is 2. The molecule has 0 bridgehead atoms. The maximum atomic E-state index is 14.0. The van der Waals surface area contributed by atoms with Gasteiger partial charge in [0, 0.05) is 24.2 Å². The molecule has 0 radical (unpaired) electrons. The van der Waals surface area contributed by atoms with Gasteiger partial charge in [-0.05, 0) is 44.2 Å². The van der Waals surface area contributed by atoms with Gasteiger partial charge in [0.25, 0.3) is 0 Å². The number of urea groups is 1. The molecule has 5 atom stereocenters. The number of hydrogen-bond acceptors (Lipinski definition) is 5. The number of carbonyl (C=O) groups excluding carboxylic acids is 4. The second-order valence-electron chi connectivity index (χ2n) is 11.7. The average molecular weight is 530 g/mol. The molecule has 2 aliphatic rings. The number of nitrogens with one attached hydrogen (secondary N) is 3. The Balaban J connectivity index is 1.86. The highest BCUT2D eigenvalue weighted by Crippen LogP contribution is 2.36. The average Bonchev–Trinajstić information content (AvgIpc) is 3.42. The van der Waals surface area contributed by atoms with Crippen molar-refractivity contribution in [3.8, 4) is 0 Å². The highest BCUT2D eigenvalue weighted by molar-refractivity contribution is 5.90. The van der Waals surface area contributed by atoms with Crippen LogP contribution in [0.1, 0.15) is 61.3 Å². The Bertz CT molecular complexity index is 1010. The lowest BCUT2D eigenvalue weighted by Crippen LogP contribution is -2.58. The quantitative estimate of drug-likeness (QED) is 0.499. The minimum absolute atomic E-state index is 0.0672. The third kappa shape index (κ3) is 6.76. The molecule has 0 aliphatic carbocycles. The zero-order valence-corrected chi connectivity index (χ0v) is 23.6. The summed E-state index contributed by atoms with van der Waals surface area (Å²) in [5.41, 5.74) is 0.0356. The van der Waals surface area contributed by atoms with Crippen LogP contribution in [0.3, 0.4) is 0 Å². The fourth-order valence-electron chi connectivity index (χ4n) is 5.04. The Kier molecular flexibility index (Phi) is 9.27. The minimum atomic E-state index is -0.764. The molecule has 0 aromatic heterocycles. The molecule has 2 saturated heterocycles. The van der Waals surface area contributed by atoms with Crippen molar-refractivity contribution in [1.82, 2.24) is 20.4 Å². The van der Waals surface area contributed by atoms with Crippen LogP contribution in [-0.2, 0) is 14.3 Å². The van der Waals surface area contributed by atoms with E-state index in [2.05, 4.69) is 16.0 Å². The summed E-state index contributed by atoms with van der Waals surface area (Å²) in [5, 5.41) is 8.61. The fraction of sp³-hybridized carbons (Fsp3) is 0.643. The molecule has 2 fully saturated rings. The van der Waals surface area contributed by atoms with Crippen molar-refractivity contribution in [2.75, 3.05) is 18.4 Å². The van der Waals surface area contributed by atoms with Crippen LogP contribution in [0.25, 0.3) is 0 Å². The van der Waals surface area contributed by atoms with Gasteiger partial charge < -0.3 is 25.2 Å². The number of ether oxygens (including phenoxy) is 1. The highest BCUT2D eigenvalue weighted by Gasteiger charge is 2.55. The smallest absolute Gasteiger partial charge is 0.412 e. The van der Waals surface area contributed by atoms with Crippen molar-refractivity contribution in [3.63, 3.8) is 0 Å². The zero-order chi connectivity index (χ0) is 28.2. The lowest BCUT2D eigenvalue weighted by atomic mass is 9.85. The number of anilines is 1. The summed E-state index contributed by atoms with van der Waals surface area (Å²) >= 11 is 0. The molecule has 3 rings (SSSR count). The number of likely N-dealkylation sites (tertiary alicyclic amines) is 2. The van der Waals surface area contributed by atoms with E-state index in [0.717, 1.165) is 0 Å². The van der Waals surface area contributed by atoms with Gasteiger partial charge in [-0.1, -0.05) is 52.8 Å². The molecule has 1 aromatic carbocycles. The maximum Gasteiger partial charge on any atom is 0.412 e. The van der Waals surface area contributed by atoms with Crippen LogP contribution in [0.5, 0.6) is 0 Å². The van der Waals surface area contributed by atoms with Crippen molar-refractivity contribution in [2.45, 2.75) is 91.6 Å². The van der Waals surface area contributed by atoms with Crippen molar-refractivity contribution in [1.29, 1.82) is 0 Å². The first-order chi connectivity index (χ1) is 17.8. The van der Waals surface area contributed by atoms with Crippen LogP contribution in [0, 0.1) is 11.3 Å². The number of carbonyl (C=O) groups is 4. The van der Waals surface area contributed by atoms with Gasteiger partial charge in [0.2, 0.25) is 11.8 Å². The molecule has 3 N–H and O–H groups in total. The third-order valence-corrected chi connectivity index (χ3v) is 7.27. The summed E-state index contributed by atoms with van der Waals surface area (Å²) in [5.74, 6) is -0.626. The first kappa shape index (κ1) is 29.3. The Labute approximate surface area is 225 Å². The topological polar surface area (TPSA) is 120 Å². The monoisotopic (exact) mass is 529 g/mol. The lowest BCUT2D eigenvalue weighted by Gasteiger charge is -2.37. The summed E-state index contributed by atoms with van der Waals surface area (Å²) in [6.07, 6.45) is -0.155. The second kappa shape index (κ2) is 12.0. The molecular weight excluding hydrogens is 486 g/mol. The molecule has 38 heavy (non-hydrogen) atoms. The summed E-state index contributed by atoms with van der Waals surface area (Å²) in [6.45, 7) is 13.8. The minimum Gasteiger partial charge on any atom is -0.442 e. The Morgan fingerprint density at radius 1 is 1.03 bits per heavy atom. The number of fused-ring (bicyclic) bond motifs is 1. The standard InChI is InChI=1S/C28H43N5O5/c1-8-18(4)24(34)31-23(28(5,6)7)25(35)32-15-14-20-22(32)21(16-33(20)26(36)29-17(2)3)38-27(37)30-19-12-10-9-11-13-19/h9-13,17-18,20-23H,8,14-16H2,1-7H3,(H,29,36)(H,30,37)(H,31,34)/t18-,20-,21+,22+,23-/m1/s1. The Morgan fingerprint density at radius 2 is 1.68 bits per heavy atom. The van der Waals surface area contributed by atoms with E-state index >= 15 is 0 Å². The predicted molar refractivity (Wildman–Crippen MR) is 145 cm³/mol. The van der Waals surface area contributed by atoms with Crippen LogP contribution in [0.15, 0.2) is 30.3 Å². The SMILES string of the molecule is CC[C@@H](C)C(=O)N[C@H](C(=O)N1CC[C@@H]2[C@H]1[C@@H](OC(=O)Nc1ccccc1)CN2C(=O)NC(C)C)C(C)(C)C. The molecule has 0 saturated carbocycles. The maximum absolute atomic E-state index is 14.0. The van der Waals surface area contributed by atoms with E-state index in [1.54, 1.807) is 34.1 Å². The van der Waals surface area contributed by atoms with E-state index in [1.165, 1.54) is 0 Å². The van der Waals surface area contributed by atoms with Crippen molar-refractivity contribution < 1.29 is 23.9 Å². The first-order valence-corrected chi connectivity index (χ1v) is 13.5. The van der Waals surface area contributed by atoms with E-state index in [4.69, 9.17) is 4.74 Å². The molecule has 2 aliphatic heterocycles. The number of amides is 5. The van der Waals surface area contributed by atoms with Gasteiger partial charge in [0.1, 0.15) is 12.1 Å². The van der Waals surface area contributed by atoms with E-state index in [-0.39, 0.29) is 42.4 Å². The molecule has 5 amide bonds. The van der Waals surface area contributed by atoms with Crippen LogP contribution >= 0.6 is 0 Å². The second-order valence-corrected chi connectivity index (χ2v) is 11.7. The normalized spacial score (nSPS) is 22.5. The number of rotatable bonds is 7. The predicted octanol–water partition coefficient (Wildman–Crippen LogP) is 3.58. The molecule has 0 unspecified atom stereocenters. The highest BCUT2D eigenvalue weighted by atomic mass is 16.6. The van der Waals surface area contributed by atoms with Gasteiger partial charge in [-0.2, -0.15) is 0 Å². The van der Waals surface area contributed by atoms with E-state index < -0.39 is 29.7 Å². The zero-order valence-electron chi connectivity index (χ0n) is 23.6. The Hall–Kier alpha value is -3.30. The lowest BCUT2D eigenvalue weighted by molar-refractivity contribution is -0.142. The third-order valence-electron chi connectivity index (χ3n) is 7.27. The number of hydrogen-bond donors (Lipinski definition) is 3. The van der Waals surface area contributed by atoms with Gasteiger partial charge in [0.15, 0.2) is 0 Å². The van der Waals surface area contributed by atoms with Crippen LogP contribution in [-0.4, -0.2) is 77.1 Å². The van der Waals surface area contributed by atoms with E-state index in [9.17, 15) is 19.2 Å². The summed E-state index contributed by atoms with van der Waals surface area (Å²) in [7, 11) is 0. The van der Waals surface area contributed by atoms with Crippen molar-refractivity contribution >= 4 is 29.6 Å². The van der Waals surface area contributed by atoms with Crippen molar-refractivity contribution in [3.05, 3.63) is 30.3 Å². The summed E-state index contributed by atoms with van der Waals surface area (Å²) < 4.78 is 5.84. The Morgan fingerprint density at radius 3 is 2.26 bits per heavy atom. The number of benzene rings is 1. The summed E-state index contributed by atoms with van der Waals surface area (Å²) in [4.78, 5) is 56.0. The van der Waals surface area contributed by atoms with Gasteiger partial charge in [-0.25, -0.2) is 9.59 Å². The van der Waals surface area contributed by atoms with Gasteiger partial charge in [-0.15, -0.1) is 0 Å². The molecule has 10 nitrogen and oxygen atoms in total. The van der Waals surface area contributed by atoms with E-state index in [0.29, 0.717) is 25.1 Å².